The van der Waals surface area contributed by atoms with E-state index in [1.807, 2.05) is 53.4 Å². The van der Waals surface area contributed by atoms with Gasteiger partial charge in [0.1, 0.15) is 11.3 Å². The van der Waals surface area contributed by atoms with Gasteiger partial charge in [-0.15, -0.1) is 0 Å². The van der Waals surface area contributed by atoms with Crippen molar-refractivity contribution in [3.8, 4) is 28.3 Å². The summed E-state index contributed by atoms with van der Waals surface area (Å²) in [6.45, 7) is 3.76. The lowest BCUT2D eigenvalue weighted by molar-refractivity contribution is -0.131. The maximum Gasteiger partial charge on any atom is 0.253 e. The molecule has 1 saturated heterocycles. The molecule has 5 aromatic rings. The zero-order chi connectivity index (χ0) is 34.1. The molecule has 3 aliphatic rings. The van der Waals surface area contributed by atoms with Crippen LogP contribution in [0.5, 0.6) is 0 Å². The van der Waals surface area contributed by atoms with Gasteiger partial charge in [-0.25, -0.2) is 15.0 Å². The molecular formula is C43H44N6O. The van der Waals surface area contributed by atoms with Crippen LogP contribution in [0.2, 0.25) is 0 Å². The van der Waals surface area contributed by atoms with Gasteiger partial charge in [0, 0.05) is 47.4 Å². The highest BCUT2D eigenvalue weighted by Crippen LogP contribution is 2.41. The number of anilines is 1. The van der Waals surface area contributed by atoms with E-state index in [0.29, 0.717) is 30.6 Å². The van der Waals surface area contributed by atoms with E-state index in [1.165, 1.54) is 50.5 Å². The summed E-state index contributed by atoms with van der Waals surface area (Å²) in [6, 6.07) is 26.6. The Morgan fingerprint density at radius 2 is 1.60 bits per heavy atom. The predicted molar refractivity (Wildman–Crippen MR) is 202 cm³/mol. The maximum atomic E-state index is 13.6. The van der Waals surface area contributed by atoms with Gasteiger partial charge in [0.05, 0.1) is 11.3 Å². The van der Waals surface area contributed by atoms with E-state index >= 15 is 0 Å². The highest BCUT2D eigenvalue weighted by molar-refractivity contribution is 5.97. The Kier molecular flexibility index (Phi) is 8.65. The van der Waals surface area contributed by atoms with Gasteiger partial charge < -0.3 is 10.6 Å². The van der Waals surface area contributed by atoms with Gasteiger partial charge in [-0.3, -0.25) is 9.36 Å². The minimum Gasteiger partial charge on any atom is -0.383 e. The van der Waals surface area contributed by atoms with Crippen molar-refractivity contribution in [3.05, 3.63) is 127 Å². The molecule has 1 saturated carbocycles. The Labute approximate surface area is 294 Å². The van der Waals surface area contributed by atoms with Crippen molar-refractivity contribution in [3.63, 3.8) is 0 Å². The molecular weight excluding hydrogens is 617 g/mol. The molecule has 1 amide bonds. The van der Waals surface area contributed by atoms with Gasteiger partial charge in [0.15, 0.2) is 11.5 Å². The van der Waals surface area contributed by atoms with Crippen LogP contribution in [0.1, 0.15) is 63.4 Å². The van der Waals surface area contributed by atoms with Crippen LogP contribution in [-0.4, -0.2) is 43.4 Å². The Bertz CT molecular complexity index is 2100. The number of nitrogens with two attached hydrogens (primary N) is 1. The fourth-order valence-electron chi connectivity index (χ4n) is 7.92. The quantitative estimate of drug-likeness (QED) is 0.196. The molecule has 7 heteroatoms. The van der Waals surface area contributed by atoms with E-state index in [0.717, 1.165) is 39.2 Å². The highest BCUT2D eigenvalue weighted by atomic mass is 16.2. The third-order valence-electron chi connectivity index (χ3n) is 11.0. The van der Waals surface area contributed by atoms with Crippen molar-refractivity contribution in [1.82, 2.24) is 24.4 Å². The first kappa shape index (κ1) is 31.9. The van der Waals surface area contributed by atoms with Gasteiger partial charge in [-0.05, 0) is 66.8 Å². The zero-order valence-electron chi connectivity index (χ0n) is 28.7. The lowest BCUT2D eigenvalue weighted by Crippen LogP contribution is -2.48. The Balaban J connectivity index is 1.01. The van der Waals surface area contributed by atoms with Crippen molar-refractivity contribution >= 4 is 22.9 Å². The number of likely N-dealkylation sites (tertiary alicyclic amines) is 1. The molecule has 3 aromatic heterocycles. The van der Waals surface area contributed by atoms with E-state index in [4.69, 9.17) is 15.7 Å². The van der Waals surface area contributed by atoms with E-state index in [1.54, 1.807) is 6.20 Å². The summed E-state index contributed by atoms with van der Waals surface area (Å²) in [6.07, 6.45) is 21.7. The number of carbonyl (C=O) groups excluding carboxylic acids is 1. The van der Waals surface area contributed by atoms with Crippen LogP contribution in [0.3, 0.4) is 0 Å². The topological polar surface area (TPSA) is 89.9 Å². The van der Waals surface area contributed by atoms with Gasteiger partial charge in [0.2, 0.25) is 0 Å². The molecule has 0 radical (unpaired) electrons. The van der Waals surface area contributed by atoms with Crippen LogP contribution in [0.25, 0.3) is 39.5 Å². The Morgan fingerprint density at radius 1 is 0.840 bits per heavy atom. The molecule has 252 valence electrons. The molecule has 2 fully saturated rings. The van der Waals surface area contributed by atoms with Crippen molar-refractivity contribution < 1.29 is 4.79 Å². The molecule has 2 aromatic carbocycles. The first-order valence-electron chi connectivity index (χ1n) is 18.1. The van der Waals surface area contributed by atoms with E-state index in [2.05, 4.69) is 77.2 Å². The van der Waals surface area contributed by atoms with Crippen molar-refractivity contribution in [2.24, 2.45) is 11.3 Å². The molecule has 1 atom stereocenters. The second kappa shape index (κ2) is 13.5. The summed E-state index contributed by atoms with van der Waals surface area (Å²) in [5, 5.41) is 0. The van der Waals surface area contributed by atoms with E-state index < -0.39 is 0 Å². The lowest BCUT2D eigenvalue weighted by atomic mass is 9.71. The standard InChI is InChI=1S/C43H44N6O/c1-43(34-15-8-3-2-4-9-16-34)25-10-14-32(24-26-43)42(50)48-28-33(29-48)30-18-20-35(21-19-30)49-40(36-17-11-27-45-39(36)44)47-38-23-22-37(46-41(38)49)31-12-6-5-7-13-31/h5-7,10-14,17-27,33-34H,2-4,8-9,15-16,28-29H2,1H3,(H2,44,45). The van der Waals surface area contributed by atoms with Crippen molar-refractivity contribution in [2.45, 2.75) is 57.8 Å². The average Bonchev–Trinajstić information content (AvgIpc) is 3.36. The number of rotatable bonds is 6. The van der Waals surface area contributed by atoms with Crippen LogP contribution >= 0.6 is 0 Å². The van der Waals surface area contributed by atoms with Crippen molar-refractivity contribution in [2.75, 3.05) is 18.8 Å². The summed E-state index contributed by atoms with van der Waals surface area (Å²) in [5.74, 6) is 2.15. The third-order valence-corrected chi connectivity index (χ3v) is 11.0. The molecule has 1 aliphatic heterocycles. The van der Waals surface area contributed by atoms with Crippen LogP contribution in [0.15, 0.2) is 121 Å². The van der Waals surface area contributed by atoms with E-state index in [-0.39, 0.29) is 17.2 Å². The van der Waals surface area contributed by atoms with Gasteiger partial charge in [0.25, 0.3) is 5.91 Å². The number of benzene rings is 2. The number of nitrogen functional groups attached to an aromatic ring is 1. The number of hydrogen-bond acceptors (Lipinski definition) is 5. The molecule has 0 spiro atoms. The fraction of sp³-hybridized carbons (Fsp3) is 0.302. The third kappa shape index (κ3) is 6.17. The van der Waals surface area contributed by atoms with Crippen LogP contribution in [0, 0.1) is 11.3 Å². The Hall–Kier alpha value is -5.30. The molecule has 2 N–H and O–H groups in total. The largest absolute Gasteiger partial charge is 0.383 e. The highest BCUT2D eigenvalue weighted by Gasteiger charge is 2.34. The predicted octanol–water partition coefficient (Wildman–Crippen LogP) is 9.08. The smallest absolute Gasteiger partial charge is 0.253 e. The number of fused-ring (bicyclic) bond motifs is 1. The minimum absolute atomic E-state index is 0.00307. The minimum atomic E-state index is -0.00307. The lowest BCUT2D eigenvalue weighted by Gasteiger charge is -2.40. The van der Waals surface area contributed by atoms with Gasteiger partial charge in [-0.1, -0.05) is 106 Å². The van der Waals surface area contributed by atoms with Crippen LogP contribution in [-0.2, 0) is 4.79 Å². The molecule has 0 bridgehead atoms. The first-order valence-corrected chi connectivity index (χ1v) is 18.1. The number of amides is 1. The number of imidazole rings is 1. The average molecular weight is 661 g/mol. The Morgan fingerprint density at radius 3 is 2.36 bits per heavy atom. The molecule has 50 heavy (non-hydrogen) atoms. The van der Waals surface area contributed by atoms with Gasteiger partial charge in [-0.2, -0.15) is 0 Å². The van der Waals surface area contributed by atoms with Crippen molar-refractivity contribution in [1.29, 1.82) is 0 Å². The number of hydrogen-bond donors (Lipinski definition) is 1. The number of carbonyl (C=O) groups is 1. The summed E-state index contributed by atoms with van der Waals surface area (Å²) in [5.41, 5.74) is 13.5. The SMILES string of the molecule is CC1(C2CCCCCCC2)C=CC=C(C(=O)N2CC(c3ccc(-n4c(-c5cccnc5N)nc5ccc(-c6ccccc6)nc54)cc3)C2)C=C1. The second-order valence-electron chi connectivity index (χ2n) is 14.3. The first-order chi connectivity index (χ1) is 24.5. The summed E-state index contributed by atoms with van der Waals surface area (Å²) in [7, 11) is 0. The number of aromatic nitrogens is 4. The number of allylic oxidation sites excluding steroid dienone is 4. The van der Waals surface area contributed by atoms with Crippen LogP contribution < -0.4 is 5.73 Å². The number of nitrogens with zero attached hydrogens (tertiary/aromatic N) is 5. The second-order valence-corrected chi connectivity index (χ2v) is 14.3. The van der Waals surface area contributed by atoms with Gasteiger partial charge >= 0.3 is 0 Å². The molecule has 2 aliphatic carbocycles. The normalized spacial score (nSPS) is 20.2. The number of pyridine rings is 2. The molecule has 8 rings (SSSR count). The summed E-state index contributed by atoms with van der Waals surface area (Å²) in [4.78, 5) is 30.0. The zero-order valence-corrected chi connectivity index (χ0v) is 28.7. The summed E-state index contributed by atoms with van der Waals surface area (Å²) < 4.78 is 2.07. The fourth-order valence-corrected chi connectivity index (χ4v) is 7.92. The van der Waals surface area contributed by atoms with E-state index in [9.17, 15) is 4.79 Å². The molecule has 1 unspecified atom stereocenters. The monoisotopic (exact) mass is 660 g/mol. The molecule has 7 nitrogen and oxygen atoms in total. The molecule has 4 heterocycles. The summed E-state index contributed by atoms with van der Waals surface area (Å²) >= 11 is 0. The maximum absolute atomic E-state index is 13.6. The van der Waals surface area contributed by atoms with Crippen LogP contribution in [0.4, 0.5) is 5.82 Å².